The van der Waals surface area contributed by atoms with Gasteiger partial charge in [-0.3, -0.25) is 14.5 Å². The van der Waals surface area contributed by atoms with Gasteiger partial charge in [-0.05, 0) is 19.4 Å². The lowest BCUT2D eigenvalue weighted by molar-refractivity contribution is -0.150. The number of fused-ring (bicyclic) bond motifs is 1. The Bertz CT molecular complexity index is 1160. The number of hydrogen-bond acceptors (Lipinski definition) is 12. The number of aliphatic carboxylic acids is 1. The topological polar surface area (TPSA) is 189 Å². The molecule has 0 spiro atoms. The molecule has 13 nitrogen and oxygen atoms in total. The van der Waals surface area contributed by atoms with Gasteiger partial charge in [0.25, 0.3) is 11.8 Å². The third-order valence-electron chi connectivity index (χ3n) is 4.66. The van der Waals surface area contributed by atoms with Crippen molar-refractivity contribution in [2.24, 2.45) is 5.16 Å². The molecule has 1 unspecified atom stereocenters. The van der Waals surface area contributed by atoms with Crippen LogP contribution in [0.5, 0.6) is 0 Å². The standard InChI is InChI=1S/C18H20N8O5S3/c1-7(2)31-24-11(9-6-34-18(19)21-9)14(27)22-12-15(28)26-13(17(29)30)8(5-33-16(12)26)4-32-10-3-20-25-23-10/h3,6-7,12,16H,4-5H2,1-2H3,(H2,19,21)(H,22,27)(H,29,30)(H,20,23,25)/t12?,16-/m1/s1. The molecule has 1 saturated heterocycles. The zero-order valence-electron chi connectivity index (χ0n) is 17.9. The molecule has 1 fully saturated rings. The minimum atomic E-state index is -1.20. The summed E-state index contributed by atoms with van der Waals surface area (Å²) in [4.78, 5) is 48.4. The van der Waals surface area contributed by atoms with E-state index in [1.807, 2.05) is 0 Å². The molecular weight excluding hydrogens is 504 g/mol. The Kier molecular flexibility index (Phi) is 7.08. The van der Waals surface area contributed by atoms with Crippen molar-refractivity contribution in [1.29, 1.82) is 0 Å². The number of thiazole rings is 1. The Morgan fingerprint density at radius 1 is 1.50 bits per heavy atom. The highest BCUT2D eigenvalue weighted by Gasteiger charge is 2.54. The smallest absolute Gasteiger partial charge is 0.352 e. The highest BCUT2D eigenvalue weighted by atomic mass is 32.2. The largest absolute Gasteiger partial charge is 0.477 e. The maximum atomic E-state index is 13.0. The van der Waals surface area contributed by atoms with Crippen LogP contribution in [-0.2, 0) is 19.2 Å². The van der Waals surface area contributed by atoms with Gasteiger partial charge in [0.15, 0.2) is 10.8 Å². The number of H-pyrrole nitrogens is 1. The number of oxime groups is 1. The predicted octanol–water partition coefficient (Wildman–Crippen LogP) is 0.503. The van der Waals surface area contributed by atoms with Crippen LogP contribution in [0.4, 0.5) is 5.13 Å². The number of carbonyl (C=O) groups is 3. The average Bonchev–Trinajstić information content (AvgIpc) is 3.47. The van der Waals surface area contributed by atoms with E-state index < -0.39 is 29.2 Å². The molecule has 0 aromatic carbocycles. The number of thioether (sulfide) groups is 2. The van der Waals surface area contributed by atoms with E-state index in [2.05, 4.69) is 30.9 Å². The fraction of sp³-hybridized carbons (Fsp3) is 0.389. The summed E-state index contributed by atoms with van der Waals surface area (Å²) >= 11 is 3.82. The molecule has 4 rings (SSSR count). The summed E-state index contributed by atoms with van der Waals surface area (Å²) in [5, 5.41) is 28.3. The van der Waals surface area contributed by atoms with Gasteiger partial charge in [0.05, 0.1) is 6.20 Å². The Labute approximate surface area is 205 Å². The van der Waals surface area contributed by atoms with Crippen LogP contribution in [0.3, 0.4) is 0 Å². The number of rotatable bonds is 9. The Morgan fingerprint density at radius 2 is 2.29 bits per heavy atom. The summed E-state index contributed by atoms with van der Waals surface area (Å²) in [6.45, 7) is 3.50. The molecule has 2 atom stereocenters. The molecule has 4 heterocycles. The summed E-state index contributed by atoms with van der Waals surface area (Å²) in [6.07, 6.45) is 1.24. The number of carboxylic acids is 1. The second-order valence-corrected chi connectivity index (χ2v) is 10.4. The molecule has 0 bridgehead atoms. The molecule has 0 saturated carbocycles. The summed E-state index contributed by atoms with van der Waals surface area (Å²) in [6, 6.07) is -0.920. The number of carboxylic acid groups (broad SMARTS) is 1. The lowest BCUT2D eigenvalue weighted by Gasteiger charge is -2.49. The first-order valence-corrected chi connectivity index (χ1v) is 12.8. The molecule has 34 heavy (non-hydrogen) atoms. The van der Waals surface area contributed by atoms with Crippen molar-refractivity contribution >= 4 is 63.5 Å². The van der Waals surface area contributed by atoms with Crippen molar-refractivity contribution in [2.75, 3.05) is 17.2 Å². The fourth-order valence-corrected chi connectivity index (χ4v) is 6.00. The van der Waals surface area contributed by atoms with Gasteiger partial charge >= 0.3 is 5.97 Å². The molecule has 2 amide bonds. The van der Waals surface area contributed by atoms with Crippen LogP contribution < -0.4 is 11.1 Å². The SMILES string of the molecule is CC(C)ON=C(C(=O)NC1C(=O)N2C(C(=O)O)=C(CSc3cn[nH]n3)CS[C@H]12)c1csc(N)n1. The van der Waals surface area contributed by atoms with Gasteiger partial charge in [0.1, 0.15) is 33.9 Å². The Balaban J connectivity index is 1.50. The first-order valence-electron chi connectivity index (χ1n) is 9.91. The summed E-state index contributed by atoms with van der Waals surface area (Å²) in [5.41, 5.74) is 6.30. The van der Waals surface area contributed by atoms with Crippen LogP contribution in [-0.4, -0.2) is 82.9 Å². The normalized spacial score (nSPS) is 20.3. The van der Waals surface area contributed by atoms with Crippen LogP contribution in [0.2, 0.25) is 0 Å². The molecule has 2 aromatic heterocycles. The monoisotopic (exact) mass is 524 g/mol. The lowest BCUT2D eigenvalue weighted by Crippen LogP contribution is -2.71. The second-order valence-electron chi connectivity index (χ2n) is 7.38. The number of carbonyl (C=O) groups excluding carboxylic acids is 2. The van der Waals surface area contributed by atoms with Crippen molar-refractivity contribution in [1.82, 2.24) is 30.6 Å². The molecule has 5 N–H and O–H groups in total. The molecule has 0 radical (unpaired) electrons. The molecule has 0 aliphatic carbocycles. The number of aromatic amines is 1. The molecule has 2 aliphatic heterocycles. The number of nitrogens with one attached hydrogen (secondary N) is 2. The second kappa shape index (κ2) is 10.0. The number of nitrogens with two attached hydrogens (primary N) is 1. The van der Waals surface area contributed by atoms with E-state index in [1.54, 1.807) is 19.2 Å². The Hall–Kier alpha value is -3.11. The van der Waals surface area contributed by atoms with E-state index in [0.717, 1.165) is 11.3 Å². The molecule has 180 valence electrons. The fourth-order valence-electron chi connectivity index (χ4n) is 3.18. The zero-order chi connectivity index (χ0) is 24.4. The van der Waals surface area contributed by atoms with Crippen LogP contribution in [0.15, 0.2) is 33.0 Å². The number of aromatic nitrogens is 4. The number of anilines is 1. The third kappa shape index (κ3) is 4.88. The lowest BCUT2D eigenvalue weighted by atomic mass is 10.0. The van der Waals surface area contributed by atoms with Gasteiger partial charge in [0.2, 0.25) is 0 Å². The molecule has 2 aromatic rings. The van der Waals surface area contributed by atoms with Gasteiger partial charge in [-0.25, -0.2) is 9.78 Å². The van der Waals surface area contributed by atoms with Gasteiger partial charge in [-0.15, -0.1) is 28.2 Å². The van der Waals surface area contributed by atoms with Crippen molar-refractivity contribution in [3.05, 3.63) is 28.5 Å². The van der Waals surface area contributed by atoms with Crippen molar-refractivity contribution < 1.29 is 24.3 Å². The summed E-state index contributed by atoms with van der Waals surface area (Å²) < 4.78 is 0. The van der Waals surface area contributed by atoms with Crippen LogP contribution >= 0.6 is 34.9 Å². The quantitative estimate of drug-likeness (QED) is 0.155. The molecular formula is C18H20N8O5S3. The number of amides is 2. The highest BCUT2D eigenvalue weighted by Crippen LogP contribution is 2.41. The molecule has 2 aliphatic rings. The maximum absolute atomic E-state index is 13.0. The first kappa shape index (κ1) is 24.0. The van der Waals surface area contributed by atoms with Gasteiger partial charge < -0.3 is 21.0 Å². The highest BCUT2D eigenvalue weighted by molar-refractivity contribution is 8.01. The predicted molar refractivity (Wildman–Crippen MR) is 126 cm³/mol. The van der Waals surface area contributed by atoms with E-state index in [4.69, 9.17) is 10.6 Å². The number of β-lactam (4-membered cyclic amide) rings is 1. The van der Waals surface area contributed by atoms with Gasteiger partial charge in [0, 0.05) is 16.9 Å². The van der Waals surface area contributed by atoms with Crippen molar-refractivity contribution in [3.8, 4) is 0 Å². The summed E-state index contributed by atoms with van der Waals surface area (Å²) in [7, 11) is 0. The van der Waals surface area contributed by atoms with E-state index in [-0.39, 0.29) is 28.3 Å². The van der Waals surface area contributed by atoms with Gasteiger partial charge in [-0.2, -0.15) is 10.3 Å². The third-order valence-corrected chi connectivity index (χ3v) is 7.66. The summed E-state index contributed by atoms with van der Waals surface area (Å²) in [5.74, 6) is -1.67. The Morgan fingerprint density at radius 3 is 2.91 bits per heavy atom. The van der Waals surface area contributed by atoms with E-state index in [9.17, 15) is 19.5 Å². The van der Waals surface area contributed by atoms with Crippen molar-refractivity contribution in [3.63, 3.8) is 0 Å². The number of hydrogen-bond donors (Lipinski definition) is 4. The maximum Gasteiger partial charge on any atom is 0.352 e. The van der Waals surface area contributed by atoms with Gasteiger partial charge in [-0.1, -0.05) is 16.9 Å². The minimum absolute atomic E-state index is 0.0699. The van der Waals surface area contributed by atoms with E-state index in [0.29, 0.717) is 22.1 Å². The van der Waals surface area contributed by atoms with E-state index in [1.165, 1.54) is 34.6 Å². The van der Waals surface area contributed by atoms with E-state index >= 15 is 0 Å². The van der Waals surface area contributed by atoms with Crippen LogP contribution in [0.1, 0.15) is 19.5 Å². The van der Waals surface area contributed by atoms with Crippen LogP contribution in [0.25, 0.3) is 0 Å². The first-order chi connectivity index (χ1) is 16.3. The number of nitrogen functional groups attached to an aromatic ring is 1. The minimum Gasteiger partial charge on any atom is -0.477 e. The van der Waals surface area contributed by atoms with Crippen LogP contribution in [0, 0.1) is 0 Å². The molecule has 16 heteroatoms. The average molecular weight is 525 g/mol. The number of nitrogens with zero attached hydrogens (tertiary/aromatic N) is 5. The zero-order valence-corrected chi connectivity index (χ0v) is 20.4. The van der Waals surface area contributed by atoms with Crippen molar-refractivity contribution in [2.45, 2.75) is 36.4 Å².